The van der Waals surface area contributed by atoms with Crippen molar-refractivity contribution >= 4 is 11.6 Å². The van der Waals surface area contributed by atoms with E-state index >= 15 is 0 Å². The highest BCUT2D eigenvalue weighted by Crippen LogP contribution is 2.20. The minimum Gasteiger partial charge on any atom is -0.497 e. The monoisotopic (exact) mass is 379 g/mol. The van der Waals surface area contributed by atoms with E-state index < -0.39 is 6.10 Å². The molecule has 1 atom stereocenters. The molecular formula is C21H21N3O4. The Morgan fingerprint density at radius 3 is 2.25 bits per heavy atom. The zero-order valence-electron chi connectivity index (χ0n) is 15.9. The van der Waals surface area contributed by atoms with E-state index in [2.05, 4.69) is 10.4 Å². The highest BCUT2D eigenvalue weighted by atomic mass is 16.5. The number of amides is 1. The second-order valence-corrected chi connectivity index (χ2v) is 6.18. The molecule has 0 fully saturated rings. The molecule has 1 N–H and O–H groups in total. The number of carbonyl (C=O) groups excluding carboxylic acids is 1. The average molecular weight is 379 g/mol. The number of hydrogen-bond acceptors (Lipinski definition) is 5. The van der Waals surface area contributed by atoms with E-state index in [0.29, 0.717) is 17.1 Å². The summed E-state index contributed by atoms with van der Waals surface area (Å²) in [7, 11) is 3.19. The smallest absolute Gasteiger partial charge is 0.266 e. The normalized spacial score (nSPS) is 11.5. The molecule has 3 rings (SSSR count). The van der Waals surface area contributed by atoms with E-state index in [9.17, 15) is 9.59 Å². The summed E-state index contributed by atoms with van der Waals surface area (Å²) in [6.45, 7) is 1.68. The predicted octanol–water partition coefficient (Wildman–Crippen LogP) is 2.86. The van der Waals surface area contributed by atoms with Gasteiger partial charge in [0.05, 0.1) is 12.8 Å². The maximum Gasteiger partial charge on any atom is 0.266 e. The standard InChI is InChI=1S/C21H21N3O4/c1-14(28-18-10-8-17(27-3)9-11-18)21(26)22-16-6-4-15(5-7-16)19-12-13-20(25)24(2)23-19/h4-14H,1-3H3,(H,22,26). The lowest BCUT2D eigenvalue weighted by Crippen LogP contribution is -2.30. The molecule has 0 bridgehead atoms. The Balaban J connectivity index is 1.63. The second kappa shape index (κ2) is 8.39. The van der Waals surface area contributed by atoms with Crippen LogP contribution in [0.3, 0.4) is 0 Å². The number of hydrogen-bond donors (Lipinski definition) is 1. The third kappa shape index (κ3) is 4.56. The molecule has 0 spiro atoms. The lowest BCUT2D eigenvalue weighted by atomic mass is 10.1. The Bertz CT molecular complexity index is 1010. The molecule has 0 saturated heterocycles. The second-order valence-electron chi connectivity index (χ2n) is 6.18. The Morgan fingerprint density at radius 1 is 1.00 bits per heavy atom. The number of nitrogens with zero attached hydrogens (tertiary/aromatic N) is 2. The predicted molar refractivity (Wildman–Crippen MR) is 107 cm³/mol. The lowest BCUT2D eigenvalue weighted by Gasteiger charge is -2.15. The first-order chi connectivity index (χ1) is 13.5. The van der Waals surface area contributed by atoms with Crippen LogP contribution in [0.1, 0.15) is 6.92 Å². The number of methoxy groups -OCH3 is 1. The van der Waals surface area contributed by atoms with Crippen LogP contribution in [-0.4, -0.2) is 28.9 Å². The van der Waals surface area contributed by atoms with Crippen molar-refractivity contribution in [3.63, 3.8) is 0 Å². The van der Waals surface area contributed by atoms with Gasteiger partial charge in [0, 0.05) is 24.4 Å². The van der Waals surface area contributed by atoms with E-state index in [-0.39, 0.29) is 11.5 Å². The van der Waals surface area contributed by atoms with Crippen molar-refractivity contribution in [2.45, 2.75) is 13.0 Å². The number of benzene rings is 2. The van der Waals surface area contributed by atoms with Gasteiger partial charge in [0.15, 0.2) is 6.10 Å². The zero-order valence-corrected chi connectivity index (χ0v) is 15.9. The molecule has 0 aliphatic heterocycles. The van der Waals surface area contributed by atoms with Gasteiger partial charge in [-0.1, -0.05) is 12.1 Å². The van der Waals surface area contributed by atoms with Gasteiger partial charge in [0.2, 0.25) is 0 Å². The van der Waals surface area contributed by atoms with Crippen LogP contribution in [-0.2, 0) is 11.8 Å². The molecule has 1 amide bonds. The van der Waals surface area contributed by atoms with Gasteiger partial charge in [-0.2, -0.15) is 5.10 Å². The fourth-order valence-corrected chi connectivity index (χ4v) is 2.54. The van der Waals surface area contributed by atoms with Crippen LogP contribution in [0.5, 0.6) is 11.5 Å². The molecule has 1 unspecified atom stereocenters. The maximum atomic E-state index is 12.4. The third-order valence-electron chi connectivity index (χ3n) is 4.15. The average Bonchev–Trinajstić information content (AvgIpc) is 2.71. The summed E-state index contributed by atoms with van der Waals surface area (Å²) in [6, 6.07) is 17.4. The van der Waals surface area contributed by atoms with Gasteiger partial charge < -0.3 is 14.8 Å². The van der Waals surface area contributed by atoms with Gasteiger partial charge in [-0.25, -0.2) is 4.68 Å². The Morgan fingerprint density at radius 2 is 1.64 bits per heavy atom. The summed E-state index contributed by atoms with van der Waals surface area (Å²) in [5.41, 5.74) is 1.99. The van der Waals surface area contributed by atoms with Gasteiger partial charge in [0.1, 0.15) is 11.5 Å². The first-order valence-corrected chi connectivity index (χ1v) is 8.72. The zero-order chi connectivity index (χ0) is 20.1. The molecule has 7 nitrogen and oxygen atoms in total. The van der Waals surface area contributed by atoms with Crippen LogP contribution < -0.4 is 20.3 Å². The van der Waals surface area contributed by atoms with Gasteiger partial charge >= 0.3 is 0 Å². The largest absolute Gasteiger partial charge is 0.497 e. The molecule has 3 aromatic rings. The lowest BCUT2D eigenvalue weighted by molar-refractivity contribution is -0.122. The molecule has 0 aliphatic carbocycles. The minimum atomic E-state index is -0.668. The fourth-order valence-electron chi connectivity index (χ4n) is 2.54. The highest BCUT2D eigenvalue weighted by molar-refractivity contribution is 5.94. The maximum absolute atomic E-state index is 12.4. The summed E-state index contributed by atoms with van der Waals surface area (Å²) in [6.07, 6.45) is -0.668. The first-order valence-electron chi connectivity index (χ1n) is 8.72. The Kier molecular flexibility index (Phi) is 5.74. The number of nitrogens with one attached hydrogen (secondary N) is 1. The van der Waals surface area contributed by atoms with E-state index in [1.54, 1.807) is 63.5 Å². The summed E-state index contributed by atoms with van der Waals surface area (Å²) >= 11 is 0. The van der Waals surface area contributed by atoms with Crippen molar-refractivity contribution in [3.05, 3.63) is 71.0 Å². The number of aromatic nitrogens is 2. The summed E-state index contributed by atoms with van der Waals surface area (Å²) in [4.78, 5) is 23.8. The third-order valence-corrected chi connectivity index (χ3v) is 4.15. The van der Waals surface area contributed by atoms with Crippen molar-refractivity contribution in [3.8, 4) is 22.8 Å². The van der Waals surface area contributed by atoms with Crippen molar-refractivity contribution in [1.82, 2.24) is 9.78 Å². The molecule has 144 valence electrons. The van der Waals surface area contributed by atoms with Gasteiger partial charge in [0.25, 0.3) is 11.5 Å². The van der Waals surface area contributed by atoms with E-state index in [1.165, 1.54) is 10.7 Å². The van der Waals surface area contributed by atoms with Crippen LogP contribution in [0, 0.1) is 0 Å². The van der Waals surface area contributed by atoms with Crippen LogP contribution >= 0.6 is 0 Å². The Hall–Kier alpha value is -3.61. The van der Waals surface area contributed by atoms with Gasteiger partial charge in [-0.05, 0) is 49.4 Å². The van der Waals surface area contributed by atoms with Gasteiger partial charge in [-0.3, -0.25) is 9.59 Å². The molecule has 28 heavy (non-hydrogen) atoms. The van der Waals surface area contributed by atoms with Crippen LogP contribution in [0.25, 0.3) is 11.3 Å². The van der Waals surface area contributed by atoms with E-state index in [0.717, 1.165) is 11.3 Å². The molecule has 1 heterocycles. The van der Waals surface area contributed by atoms with Crippen LogP contribution in [0.15, 0.2) is 65.5 Å². The number of aryl methyl sites for hydroxylation is 1. The van der Waals surface area contributed by atoms with Crippen molar-refractivity contribution in [1.29, 1.82) is 0 Å². The molecule has 7 heteroatoms. The number of ether oxygens (including phenoxy) is 2. The number of anilines is 1. The first kappa shape index (κ1) is 19.2. The molecule has 2 aromatic carbocycles. The minimum absolute atomic E-state index is 0.168. The number of carbonyl (C=O) groups is 1. The number of rotatable bonds is 6. The van der Waals surface area contributed by atoms with E-state index in [4.69, 9.17) is 9.47 Å². The van der Waals surface area contributed by atoms with Crippen molar-refractivity contribution in [2.75, 3.05) is 12.4 Å². The molecule has 0 aliphatic rings. The van der Waals surface area contributed by atoms with E-state index in [1.807, 2.05) is 12.1 Å². The summed E-state index contributed by atoms with van der Waals surface area (Å²) in [5.74, 6) is 1.04. The van der Waals surface area contributed by atoms with Crippen LogP contribution in [0.4, 0.5) is 5.69 Å². The molecule has 0 radical (unpaired) electrons. The Labute approximate surface area is 162 Å². The SMILES string of the molecule is COc1ccc(OC(C)C(=O)Nc2ccc(-c3ccc(=O)n(C)n3)cc2)cc1. The van der Waals surface area contributed by atoms with Gasteiger partial charge in [-0.15, -0.1) is 0 Å². The molecular weight excluding hydrogens is 358 g/mol. The molecule has 1 aromatic heterocycles. The fraction of sp³-hybridized carbons (Fsp3) is 0.190. The van der Waals surface area contributed by atoms with Crippen LogP contribution in [0.2, 0.25) is 0 Å². The van der Waals surface area contributed by atoms with Crippen molar-refractivity contribution < 1.29 is 14.3 Å². The topological polar surface area (TPSA) is 82.5 Å². The highest BCUT2D eigenvalue weighted by Gasteiger charge is 2.15. The van der Waals surface area contributed by atoms with Crippen molar-refractivity contribution in [2.24, 2.45) is 7.05 Å². The summed E-state index contributed by atoms with van der Waals surface area (Å²) < 4.78 is 12.0. The summed E-state index contributed by atoms with van der Waals surface area (Å²) in [5, 5.41) is 7.03. The quantitative estimate of drug-likeness (QED) is 0.712. The molecule has 0 saturated carbocycles.